The highest BCUT2D eigenvalue weighted by molar-refractivity contribution is 5.71. The minimum Gasteiger partial charge on any atom is -0.352 e. The van der Waals surface area contributed by atoms with Crippen LogP contribution in [0.3, 0.4) is 0 Å². The van der Waals surface area contributed by atoms with Crippen molar-refractivity contribution >= 4 is 0 Å². The van der Waals surface area contributed by atoms with E-state index in [0.29, 0.717) is 41.9 Å². The highest BCUT2D eigenvalue weighted by atomic mass is 19.2. The molecule has 0 radical (unpaired) electrons. The molecule has 0 saturated carbocycles. The van der Waals surface area contributed by atoms with Crippen molar-refractivity contribution in [1.82, 2.24) is 0 Å². The molecule has 1 aliphatic heterocycles. The molecule has 0 aromatic heterocycles. The summed E-state index contributed by atoms with van der Waals surface area (Å²) in [6.07, 6.45) is 2.04. The largest absolute Gasteiger partial charge is 0.352 e. The lowest BCUT2D eigenvalue weighted by molar-refractivity contribution is -0.190. The van der Waals surface area contributed by atoms with Crippen molar-refractivity contribution in [3.63, 3.8) is 0 Å². The van der Waals surface area contributed by atoms with Gasteiger partial charge in [0.05, 0.1) is 13.2 Å². The summed E-state index contributed by atoms with van der Waals surface area (Å²) >= 11 is 0. The SMILES string of the molecule is CCCC1OCC(c2ccc(-c3ccc(-c4ccc(CC)c(F)c4F)cc3)cc2F)CO1. The maximum atomic E-state index is 14.9. The Bertz CT molecular complexity index is 1070. The van der Waals surface area contributed by atoms with Crippen LogP contribution in [0.25, 0.3) is 22.3 Å². The molecule has 0 spiro atoms. The van der Waals surface area contributed by atoms with Gasteiger partial charge in [0.2, 0.25) is 0 Å². The molecule has 168 valence electrons. The van der Waals surface area contributed by atoms with Gasteiger partial charge in [-0.3, -0.25) is 0 Å². The van der Waals surface area contributed by atoms with Gasteiger partial charge in [0, 0.05) is 11.5 Å². The Balaban J connectivity index is 1.52. The van der Waals surface area contributed by atoms with Crippen LogP contribution in [0.5, 0.6) is 0 Å². The fraction of sp³-hybridized carbons (Fsp3) is 0.333. The first-order valence-corrected chi connectivity index (χ1v) is 11.1. The molecule has 1 saturated heterocycles. The normalized spacial score (nSPS) is 18.7. The monoisotopic (exact) mass is 440 g/mol. The minimum absolute atomic E-state index is 0.136. The number of benzene rings is 3. The quantitative estimate of drug-likeness (QED) is 0.402. The molecule has 0 amide bonds. The van der Waals surface area contributed by atoms with Crippen molar-refractivity contribution in [2.75, 3.05) is 13.2 Å². The highest BCUT2D eigenvalue weighted by Gasteiger charge is 2.25. The molecule has 3 aromatic rings. The highest BCUT2D eigenvalue weighted by Crippen LogP contribution is 2.32. The van der Waals surface area contributed by atoms with Gasteiger partial charge >= 0.3 is 0 Å². The molecule has 1 heterocycles. The van der Waals surface area contributed by atoms with Gasteiger partial charge in [-0.05, 0) is 46.7 Å². The Hall–Kier alpha value is -2.63. The van der Waals surface area contributed by atoms with E-state index in [9.17, 15) is 13.2 Å². The maximum absolute atomic E-state index is 14.9. The van der Waals surface area contributed by atoms with Crippen LogP contribution in [0.4, 0.5) is 13.2 Å². The molecule has 0 unspecified atom stereocenters. The molecule has 32 heavy (non-hydrogen) atoms. The Morgan fingerprint density at radius 2 is 1.44 bits per heavy atom. The molecule has 2 nitrogen and oxygen atoms in total. The fourth-order valence-corrected chi connectivity index (χ4v) is 4.09. The van der Waals surface area contributed by atoms with Crippen molar-refractivity contribution in [3.05, 3.63) is 83.2 Å². The summed E-state index contributed by atoms with van der Waals surface area (Å²) in [4.78, 5) is 0. The third-order valence-corrected chi connectivity index (χ3v) is 6.00. The number of hydrogen-bond acceptors (Lipinski definition) is 2. The summed E-state index contributed by atoms with van der Waals surface area (Å²) in [5, 5.41) is 0. The number of ether oxygens (including phenoxy) is 2. The van der Waals surface area contributed by atoms with Gasteiger partial charge in [-0.2, -0.15) is 0 Å². The van der Waals surface area contributed by atoms with Crippen LogP contribution in [0.1, 0.15) is 43.7 Å². The Kier molecular flexibility index (Phi) is 6.97. The van der Waals surface area contributed by atoms with Crippen molar-refractivity contribution in [3.8, 4) is 22.3 Å². The molecular weight excluding hydrogens is 413 g/mol. The molecule has 0 N–H and O–H groups in total. The van der Waals surface area contributed by atoms with E-state index < -0.39 is 11.6 Å². The number of halogens is 3. The third kappa shape index (κ3) is 4.59. The van der Waals surface area contributed by atoms with Gasteiger partial charge in [-0.1, -0.05) is 68.8 Å². The predicted octanol–water partition coefficient (Wildman–Crippen LogP) is 7.26. The topological polar surface area (TPSA) is 18.5 Å². The van der Waals surface area contributed by atoms with E-state index >= 15 is 0 Å². The first-order chi connectivity index (χ1) is 15.5. The summed E-state index contributed by atoms with van der Waals surface area (Å²) in [5.74, 6) is -2.08. The summed E-state index contributed by atoms with van der Waals surface area (Å²) in [6, 6.07) is 15.4. The number of rotatable bonds is 6. The number of aryl methyl sites for hydroxylation is 1. The molecule has 1 fully saturated rings. The van der Waals surface area contributed by atoms with E-state index in [1.165, 1.54) is 6.07 Å². The molecule has 3 aromatic carbocycles. The average Bonchev–Trinajstić information content (AvgIpc) is 2.82. The lowest BCUT2D eigenvalue weighted by Gasteiger charge is -2.29. The van der Waals surface area contributed by atoms with Gasteiger partial charge in [0.1, 0.15) is 5.82 Å². The van der Waals surface area contributed by atoms with Gasteiger partial charge in [-0.25, -0.2) is 13.2 Å². The zero-order valence-corrected chi connectivity index (χ0v) is 18.3. The Morgan fingerprint density at radius 3 is 2.06 bits per heavy atom. The lowest BCUT2D eigenvalue weighted by Crippen LogP contribution is -2.31. The van der Waals surface area contributed by atoms with E-state index in [0.717, 1.165) is 18.4 Å². The van der Waals surface area contributed by atoms with Crippen LogP contribution in [0.2, 0.25) is 0 Å². The maximum Gasteiger partial charge on any atom is 0.166 e. The summed E-state index contributed by atoms with van der Waals surface area (Å²) in [5.41, 5.74) is 3.23. The third-order valence-electron chi connectivity index (χ3n) is 6.00. The van der Waals surface area contributed by atoms with E-state index in [1.54, 1.807) is 49.4 Å². The Morgan fingerprint density at radius 1 is 0.781 bits per heavy atom. The molecule has 1 aliphatic rings. The van der Waals surface area contributed by atoms with Gasteiger partial charge in [0.25, 0.3) is 0 Å². The summed E-state index contributed by atoms with van der Waals surface area (Å²) in [6.45, 7) is 4.73. The van der Waals surface area contributed by atoms with Crippen molar-refractivity contribution in [2.45, 2.75) is 45.3 Å². The fourth-order valence-electron chi connectivity index (χ4n) is 4.09. The smallest absolute Gasteiger partial charge is 0.166 e. The van der Waals surface area contributed by atoms with Gasteiger partial charge in [-0.15, -0.1) is 0 Å². The molecular formula is C27H27F3O2. The molecule has 0 bridgehead atoms. The molecule has 0 atom stereocenters. The van der Waals surface area contributed by atoms with Crippen molar-refractivity contribution < 1.29 is 22.6 Å². The summed E-state index contributed by atoms with van der Waals surface area (Å²) in [7, 11) is 0. The van der Waals surface area contributed by atoms with Crippen molar-refractivity contribution in [2.24, 2.45) is 0 Å². The summed E-state index contributed by atoms with van der Waals surface area (Å²) < 4.78 is 54.9. The van der Waals surface area contributed by atoms with Gasteiger partial charge in [0.15, 0.2) is 17.9 Å². The minimum atomic E-state index is -0.842. The van der Waals surface area contributed by atoms with E-state index in [1.807, 2.05) is 6.07 Å². The van der Waals surface area contributed by atoms with E-state index in [4.69, 9.17) is 9.47 Å². The van der Waals surface area contributed by atoms with Crippen LogP contribution >= 0.6 is 0 Å². The second-order valence-corrected chi connectivity index (χ2v) is 8.15. The number of hydrogen-bond donors (Lipinski definition) is 0. The van der Waals surface area contributed by atoms with E-state index in [2.05, 4.69) is 6.92 Å². The lowest BCUT2D eigenvalue weighted by atomic mass is 9.95. The van der Waals surface area contributed by atoms with E-state index in [-0.39, 0.29) is 23.6 Å². The molecule has 4 rings (SSSR count). The second kappa shape index (κ2) is 9.88. The zero-order valence-electron chi connectivity index (χ0n) is 18.3. The predicted molar refractivity (Wildman–Crippen MR) is 120 cm³/mol. The molecule has 0 aliphatic carbocycles. The first kappa shape index (κ1) is 22.6. The molecule has 5 heteroatoms. The zero-order chi connectivity index (χ0) is 22.7. The second-order valence-electron chi connectivity index (χ2n) is 8.15. The standard InChI is InChI=1S/C27H27F3O2/c1-3-5-25-31-15-21(16-32-25)22-12-11-20(14-24(22)28)18-6-8-19(9-7-18)23-13-10-17(4-2)26(29)27(23)30/h6-14,21,25H,3-5,15-16H2,1-2H3. The van der Waals surface area contributed by atoms with Crippen LogP contribution in [-0.4, -0.2) is 19.5 Å². The first-order valence-electron chi connectivity index (χ1n) is 11.1. The Labute approximate surface area is 187 Å². The van der Waals surface area contributed by atoms with Crippen LogP contribution in [-0.2, 0) is 15.9 Å². The van der Waals surface area contributed by atoms with Crippen LogP contribution in [0, 0.1) is 17.5 Å². The van der Waals surface area contributed by atoms with Crippen LogP contribution in [0.15, 0.2) is 54.6 Å². The average molecular weight is 441 g/mol. The van der Waals surface area contributed by atoms with Crippen molar-refractivity contribution in [1.29, 1.82) is 0 Å². The van der Waals surface area contributed by atoms with Gasteiger partial charge < -0.3 is 9.47 Å². The van der Waals surface area contributed by atoms with Crippen LogP contribution < -0.4 is 0 Å².